The molecule has 0 unspecified atom stereocenters. The van der Waals surface area contributed by atoms with Gasteiger partial charge in [0.2, 0.25) is 0 Å². The zero-order chi connectivity index (χ0) is 6.97. The van der Waals surface area contributed by atoms with Gasteiger partial charge in [-0.2, -0.15) is 0 Å². The summed E-state index contributed by atoms with van der Waals surface area (Å²) in [7, 11) is 2.10. The summed E-state index contributed by atoms with van der Waals surface area (Å²) < 4.78 is 2.20. The zero-order valence-corrected chi connectivity index (χ0v) is 6.22. The van der Waals surface area contributed by atoms with Gasteiger partial charge in [0.15, 0.2) is 0 Å². The molecule has 54 valence electrons. The summed E-state index contributed by atoms with van der Waals surface area (Å²) in [4.78, 5) is 0. The highest BCUT2D eigenvalue weighted by atomic mass is 15.0. The molecule has 0 fully saturated rings. The van der Waals surface area contributed by atoms with Gasteiger partial charge in [-0.25, -0.2) is 0 Å². The largest absolute Gasteiger partial charge is 0.353 e. The molecular weight excluding hydrogens is 124 g/mol. The fourth-order valence-corrected chi connectivity index (χ4v) is 1.51. The summed E-state index contributed by atoms with van der Waals surface area (Å²) >= 11 is 0. The van der Waals surface area contributed by atoms with Crippen molar-refractivity contribution < 1.29 is 0 Å². The number of hydrogen-bond acceptors (Lipinski definition) is 1. The van der Waals surface area contributed by atoms with Gasteiger partial charge in [-0.15, -0.1) is 0 Å². The van der Waals surface area contributed by atoms with Gasteiger partial charge >= 0.3 is 0 Å². The predicted molar refractivity (Wildman–Crippen MR) is 40.8 cm³/mol. The fourth-order valence-electron chi connectivity index (χ4n) is 1.51. The van der Waals surface area contributed by atoms with Crippen molar-refractivity contribution in [2.45, 2.75) is 13.0 Å². The van der Waals surface area contributed by atoms with Crippen molar-refractivity contribution in [3.63, 3.8) is 0 Å². The van der Waals surface area contributed by atoms with Gasteiger partial charge in [-0.3, -0.25) is 0 Å². The number of nitrogens with zero attached hydrogens (tertiary/aromatic N) is 1. The Kier molecular flexibility index (Phi) is 1.27. The third-order valence-corrected chi connectivity index (χ3v) is 2.16. The van der Waals surface area contributed by atoms with Crippen LogP contribution in [0.1, 0.15) is 11.3 Å². The van der Waals surface area contributed by atoms with Crippen LogP contribution in [0.2, 0.25) is 0 Å². The Morgan fingerprint density at radius 1 is 1.60 bits per heavy atom. The minimum absolute atomic E-state index is 1.04. The molecule has 0 saturated carbocycles. The van der Waals surface area contributed by atoms with Crippen molar-refractivity contribution >= 4 is 0 Å². The third-order valence-electron chi connectivity index (χ3n) is 2.16. The quantitative estimate of drug-likeness (QED) is 0.554. The first-order chi connectivity index (χ1) is 4.88. The van der Waals surface area contributed by atoms with Gasteiger partial charge in [0, 0.05) is 25.5 Å². The van der Waals surface area contributed by atoms with Crippen molar-refractivity contribution in [3.8, 4) is 0 Å². The fraction of sp³-hybridized carbons (Fsp3) is 0.500. The van der Waals surface area contributed by atoms with Crippen molar-refractivity contribution in [3.05, 3.63) is 23.5 Å². The molecule has 2 heteroatoms. The molecule has 1 N–H and O–H groups in total. The van der Waals surface area contributed by atoms with E-state index >= 15 is 0 Å². The number of rotatable bonds is 0. The van der Waals surface area contributed by atoms with E-state index in [-0.39, 0.29) is 0 Å². The first-order valence-corrected chi connectivity index (χ1v) is 3.72. The maximum absolute atomic E-state index is 3.35. The van der Waals surface area contributed by atoms with Crippen LogP contribution in [0.25, 0.3) is 0 Å². The van der Waals surface area contributed by atoms with E-state index in [2.05, 4.69) is 29.2 Å². The van der Waals surface area contributed by atoms with Crippen LogP contribution >= 0.6 is 0 Å². The molecule has 2 rings (SSSR count). The van der Waals surface area contributed by atoms with Crippen molar-refractivity contribution in [1.29, 1.82) is 0 Å². The monoisotopic (exact) mass is 136 g/mol. The van der Waals surface area contributed by atoms with Crippen LogP contribution in [0.4, 0.5) is 0 Å². The second-order valence-corrected chi connectivity index (χ2v) is 2.83. The molecule has 1 aromatic heterocycles. The van der Waals surface area contributed by atoms with Gasteiger partial charge in [-0.05, 0) is 24.6 Å². The lowest BCUT2D eigenvalue weighted by Gasteiger charge is -2.14. The lowest BCUT2D eigenvalue weighted by molar-refractivity contribution is 0.610. The maximum atomic E-state index is 3.35. The van der Waals surface area contributed by atoms with E-state index in [0.717, 1.165) is 13.1 Å². The summed E-state index contributed by atoms with van der Waals surface area (Å²) in [6.45, 7) is 2.18. The lowest BCUT2D eigenvalue weighted by Crippen LogP contribution is -2.24. The van der Waals surface area contributed by atoms with Crippen LogP contribution in [0.15, 0.2) is 12.3 Å². The molecule has 0 atom stereocenters. The number of nitrogens with one attached hydrogen (secondary N) is 1. The first kappa shape index (κ1) is 5.98. The molecule has 0 spiro atoms. The average molecular weight is 136 g/mol. The van der Waals surface area contributed by atoms with Gasteiger partial charge in [-0.1, -0.05) is 0 Å². The molecule has 0 radical (unpaired) electrons. The van der Waals surface area contributed by atoms with Gasteiger partial charge < -0.3 is 9.88 Å². The van der Waals surface area contributed by atoms with Gasteiger partial charge in [0.25, 0.3) is 0 Å². The highest BCUT2D eigenvalue weighted by Crippen LogP contribution is 2.12. The molecule has 1 aromatic rings. The summed E-state index contributed by atoms with van der Waals surface area (Å²) in [5.41, 5.74) is 2.97. The first-order valence-electron chi connectivity index (χ1n) is 3.72. The van der Waals surface area contributed by atoms with Gasteiger partial charge in [0.1, 0.15) is 0 Å². The minimum atomic E-state index is 1.04. The highest BCUT2D eigenvalue weighted by Gasteiger charge is 2.09. The average Bonchev–Trinajstić information content (AvgIpc) is 2.34. The number of aryl methyl sites for hydroxylation is 1. The third kappa shape index (κ3) is 0.762. The topological polar surface area (TPSA) is 17.0 Å². The van der Waals surface area contributed by atoms with Crippen molar-refractivity contribution in [1.82, 2.24) is 9.88 Å². The Bertz CT molecular complexity index is 237. The van der Waals surface area contributed by atoms with Gasteiger partial charge in [0.05, 0.1) is 0 Å². The second kappa shape index (κ2) is 2.13. The van der Waals surface area contributed by atoms with E-state index in [1.54, 1.807) is 0 Å². The Morgan fingerprint density at radius 3 is 3.30 bits per heavy atom. The number of aromatic nitrogens is 1. The molecule has 1 aliphatic heterocycles. The van der Waals surface area contributed by atoms with E-state index in [0.29, 0.717) is 0 Å². The van der Waals surface area contributed by atoms with E-state index in [1.807, 2.05) is 0 Å². The Labute approximate surface area is 60.9 Å². The standard InChI is InChI=1S/C8H12N2/c1-10-5-3-7-2-4-9-6-8(7)10/h3,5,9H,2,4,6H2,1H3. The smallest absolute Gasteiger partial charge is 0.0362 e. The van der Waals surface area contributed by atoms with Crippen molar-refractivity contribution in [2.24, 2.45) is 7.05 Å². The molecule has 10 heavy (non-hydrogen) atoms. The molecule has 0 aliphatic carbocycles. The highest BCUT2D eigenvalue weighted by molar-refractivity contribution is 5.24. The van der Waals surface area contributed by atoms with Crippen molar-refractivity contribution in [2.75, 3.05) is 6.54 Å². The van der Waals surface area contributed by atoms with Crippen LogP contribution in [0.3, 0.4) is 0 Å². The zero-order valence-electron chi connectivity index (χ0n) is 6.22. The molecule has 2 nitrogen and oxygen atoms in total. The number of fused-ring (bicyclic) bond motifs is 1. The molecular formula is C8H12N2. The van der Waals surface area contributed by atoms with E-state index < -0.39 is 0 Å². The van der Waals surface area contributed by atoms with Crippen LogP contribution in [0, 0.1) is 0 Å². The number of hydrogen-bond donors (Lipinski definition) is 1. The van der Waals surface area contributed by atoms with Crippen LogP contribution in [0.5, 0.6) is 0 Å². The normalized spacial score (nSPS) is 16.9. The summed E-state index contributed by atoms with van der Waals surface area (Å²) in [6, 6.07) is 2.22. The van der Waals surface area contributed by atoms with Crippen LogP contribution in [-0.4, -0.2) is 11.1 Å². The Morgan fingerprint density at radius 2 is 2.50 bits per heavy atom. The summed E-state index contributed by atoms with van der Waals surface area (Å²) in [6.07, 6.45) is 3.33. The SMILES string of the molecule is Cn1ccc2c1CNCC2. The molecule has 0 bridgehead atoms. The molecule has 0 saturated heterocycles. The van der Waals surface area contributed by atoms with E-state index in [1.165, 1.54) is 17.7 Å². The van der Waals surface area contributed by atoms with E-state index in [4.69, 9.17) is 0 Å². The van der Waals surface area contributed by atoms with Crippen LogP contribution in [-0.2, 0) is 20.0 Å². The maximum Gasteiger partial charge on any atom is 0.0362 e. The summed E-state index contributed by atoms with van der Waals surface area (Å²) in [5.74, 6) is 0. The lowest BCUT2D eigenvalue weighted by atomic mass is 10.1. The molecule has 0 aromatic carbocycles. The molecule has 0 amide bonds. The second-order valence-electron chi connectivity index (χ2n) is 2.83. The predicted octanol–water partition coefficient (Wildman–Crippen LogP) is 0.671. The molecule has 1 aliphatic rings. The summed E-state index contributed by atoms with van der Waals surface area (Å²) in [5, 5.41) is 3.35. The van der Waals surface area contributed by atoms with E-state index in [9.17, 15) is 0 Å². The minimum Gasteiger partial charge on any atom is -0.353 e. The Hall–Kier alpha value is -0.760. The molecule has 2 heterocycles. The van der Waals surface area contributed by atoms with Crippen LogP contribution < -0.4 is 5.32 Å². The Balaban J connectivity index is 2.45.